The van der Waals surface area contributed by atoms with Crippen molar-refractivity contribution in [2.24, 2.45) is 11.8 Å². The summed E-state index contributed by atoms with van der Waals surface area (Å²) in [6, 6.07) is 0.954. The first-order valence-electron chi connectivity index (χ1n) is 7.90. The summed E-state index contributed by atoms with van der Waals surface area (Å²) >= 11 is 0. The Hall–Kier alpha value is -1.10. The molecule has 112 valence electrons. The Balaban J connectivity index is 1.48. The number of aliphatic carboxylic acids is 1. The van der Waals surface area contributed by atoms with Gasteiger partial charge in [-0.1, -0.05) is 0 Å². The van der Waals surface area contributed by atoms with Crippen molar-refractivity contribution in [3.05, 3.63) is 0 Å². The summed E-state index contributed by atoms with van der Waals surface area (Å²) in [6.45, 7) is 2.31. The van der Waals surface area contributed by atoms with Gasteiger partial charge in [-0.15, -0.1) is 0 Å². The Morgan fingerprint density at radius 1 is 1.00 bits per heavy atom. The van der Waals surface area contributed by atoms with Gasteiger partial charge in [0.05, 0.1) is 5.92 Å². The molecule has 3 aliphatic rings. The number of carboxylic acids is 1. The van der Waals surface area contributed by atoms with Crippen LogP contribution in [0, 0.1) is 11.8 Å². The van der Waals surface area contributed by atoms with Crippen LogP contribution in [0.15, 0.2) is 0 Å². The predicted molar refractivity (Wildman–Crippen MR) is 74.2 cm³/mol. The van der Waals surface area contributed by atoms with Crippen molar-refractivity contribution in [2.75, 3.05) is 13.1 Å². The molecule has 1 amide bonds. The Kier molecular flexibility index (Phi) is 3.96. The number of rotatable bonds is 3. The maximum Gasteiger partial charge on any atom is 0.306 e. The summed E-state index contributed by atoms with van der Waals surface area (Å²) in [7, 11) is 0. The van der Waals surface area contributed by atoms with E-state index in [9.17, 15) is 9.59 Å². The number of carboxylic acid groups (broad SMARTS) is 1. The molecular weight excluding hydrogens is 256 g/mol. The number of piperidine rings is 1. The third-order valence-electron chi connectivity index (χ3n) is 5.32. The number of nitrogens with one attached hydrogen (secondary N) is 1. The molecule has 5 nitrogen and oxygen atoms in total. The predicted octanol–water partition coefficient (Wildman–Crippen LogP) is 1.23. The van der Waals surface area contributed by atoms with Crippen molar-refractivity contribution in [3.8, 4) is 0 Å². The van der Waals surface area contributed by atoms with Crippen LogP contribution in [0.25, 0.3) is 0 Å². The fourth-order valence-corrected chi connectivity index (χ4v) is 4.12. The lowest BCUT2D eigenvalue weighted by Crippen LogP contribution is -2.48. The lowest BCUT2D eigenvalue weighted by molar-refractivity contribution is -0.141. The van der Waals surface area contributed by atoms with Gasteiger partial charge in [0.15, 0.2) is 0 Å². The molecule has 0 bridgehead atoms. The van der Waals surface area contributed by atoms with Crippen LogP contribution >= 0.6 is 0 Å². The minimum atomic E-state index is -0.750. The summed E-state index contributed by atoms with van der Waals surface area (Å²) in [5, 5.41) is 12.2. The zero-order valence-corrected chi connectivity index (χ0v) is 11.9. The molecular formula is C15H24N2O3. The van der Waals surface area contributed by atoms with E-state index in [1.54, 1.807) is 0 Å². The molecule has 5 heteroatoms. The fraction of sp³-hybridized carbons (Fsp3) is 0.867. The summed E-state index contributed by atoms with van der Waals surface area (Å²) in [4.78, 5) is 25.7. The van der Waals surface area contributed by atoms with Gasteiger partial charge in [-0.2, -0.15) is 0 Å². The van der Waals surface area contributed by atoms with Crippen molar-refractivity contribution in [1.29, 1.82) is 0 Å². The van der Waals surface area contributed by atoms with Crippen LogP contribution in [0.3, 0.4) is 0 Å². The molecule has 0 aromatic carbocycles. The van der Waals surface area contributed by atoms with Crippen molar-refractivity contribution in [1.82, 2.24) is 10.2 Å². The Labute approximate surface area is 119 Å². The maximum atomic E-state index is 12.3. The second-order valence-corrected chi connectivity index (χ2v) is 6.61. The smallest absolute Gasteiger partial charge is 0.306 e. The van der Waals surface area contributed by atoms with Gasteiger partial charge >= 0.3 is 5.97 Å². The van der Waals surface area contributed by atoms with Crippen molar-refractivity contribution < 1.29 is 14.7 Å². The third kappa shape index (κ3) is 2.82. The second kappa shape index (κ2) is 5.72. The largest absolute Gasteiger partial charge is 0.481 e. The third-order valence-corrected chi connectivity index (χ3v) is 5.32. The van der Waals surface area contributed by atoms with Crippen molar-refractivity contribution >= 4 is 11.9 Å². The second-order valence-electron chi connectivity index (χ2n) is 6.61. The maximum absolute atomic E-state index is 12.3. The number of carbonyl (C=O) groups excluding carboxylic acids is 1. The highest BCUT2D eigenvalue weighted by molar-refractivity contribution is 5.81. The quantitative estimate of drug-likeness (QED) is 0.816. The molecule has 0 aromatic heterocycles. The van der Waals surface area contributed by atoms with Crippen molar-refractivity contribution in [2.45, 2.75) is 57.0 Å². The standard InChI is InChI=1S/C15H24N2O3/c18-14(10-3-4-11(8-10)15(19)20)16-12-5-7-17-6-1-2-13(17)9-12/h10-13H,1-9H2,(H,16,18)(H,19,20)/t10-,11+,12?,13?/m1/s1. The van der Waals surface area contributed by atoms with Gasteiger partial charge in [-0.3, -0.25) is 9.59 Å². The first kappa shape index (κ1) is 13.9. The summed E-state index contributed by atoms with van der Waals surface area (Å²) in [6.07, 6.45) is 6.55. The number of carbonyl (C=O) groups is 2. The minimum absolute atomic E-state index is 0.0855. The van der Waals surface area contributed by atoms with Gasteiger partial charge in [-0.25, -0.2) is 0 Å². The molecule has 1 aliphatic carbocycles. The van der Waals surface area contributed by atoms with Gasteiger partial charge in [0.25, 0.3) is 0 Å². The molecule has 2 N–H and O–H groups in total. The van der Waals surface area contributed by atoms with Crippen LogP contribution in [0.5, 0.6) is 0 Å². The molecule has 1 saturated carbocycles. The van der Waals surface area contributed by atoms with Crippen LogP contribution < -0.4 is 5.32 Å². The first-order chi connectivity index (χ1) is 9.63. The highest BCUT2D eigenvalue weighted by Gasteiger charge is 2.36. The molecule has 0 radical (unpaired) electrons. The van der Waals surface area contributed by atoms with E-state index in [4.69, 9.17) is 5.11 Å². The van der Waals surface area contributed by atoms with Gasteiger partial charge in [0.1, 0.15) is 0 Å². The summed E-state index contributed by atoms with van der Waals surface area (Å²) < 4.78 is 0. The van der Waals surface area contributed by atoms with E-state index in [2.05, 4.69) is 10.2 Å². The molecule has 3 rings (SSSR count). The van der Waals surface area contributed by atoms with Gasteiger partial charge in [0, 0.05) is 24.5 Å². The van der Waals surface area contributed by atoms with Gasteiger partial charge in [0.2, 0.25) is 5.91 Å². The number of nitrogens with zero attached hydrogens (tertiary/aromatic N) is 1. The molecule has 20 heavy (non-hydrogen) atoms. The van der Waals surface area contributed by atoms with Gasteiger partial charge in [-0.05, 0) is 51.5 Å². The number of fused-ring (bicyclic) bond motifs is 1. The van der Waals surface area contributed by atoms with E-state index in [1.807, 2.05) is 0 Å². The van der Waals surface area contributed by atoms with Gasteiger partial charge < -0.3 is 15.3 Å². The summed E-state index contributed by atoms with van der Waals surface area (Å²) in [5.74, 6) is -1.06. The highest BCUT2D eigenvalue weighted by Crippen LogP contribution is 2.32. The normalized spacial score (nSPS) is 37.6. The van der Waals surface area contributed by atoms with Crippen LogP contribution in [0.1, 0.15) is 44.9 Å². The average Bonchev–Trinajstić information content (AvgIpc) is 3.07. The zero-order chi connectivity index (χ0) is 14.1. The molecule has 2 aliphatic heterocycles. The van der Waals surface area contributed by atoms with E-state index < -0.39 is 5.97 Å². The molecule has 0 spiro atoms. The first-order valence-corrected chi connectivity index (χ1v) is 7.90. The number of hydrogen-bond donors (Lipinski definition) is 2. The van der Waals surface area contributed by atoms with E-state index in [0.717, 1.165) is 25.8 Å². The molecule has 2 saturated heterocycles. The molecule has 0 aromatic rings. The molecule has 3 fully saturated rings. The van der Waals surface area contributed by atoms with E-state index in [0.29, 0.717) is 24.9 Å². The van der Waals surface area contributed by atoms with Crippen LogP contribution in [-0.2, 0) is 9.59 Å². The molecule has 2 unspecified atom stereocenters. The fourth-order valence-electron chi connectivity index (χ4n) is 4.12. The molecule has 4 atom stereocenters. The van der Waals surface area contributed by atoms with Crippen molar-refractivity contribution in [3.63, 3.8) is 0 Å². The van der Waals surface area contributed by atoms with E-state index in [-0.39, 0.29) is 17.7 Å². The Morgan fingerprint density at radius 3 is 2.55 bits per heavy atom. The highest BCUT2D eigenvalue weighted by atomic mass is 16.4. The lowest BCUT2D eigenvalue weighted by atomic mass is 9.96. The van der Waals surface area contributed by atoms with Crippen LogP contribution in [0.2, 0.25) is 0 Å². The van der Waals surface area contributed by atoms with Crippen LogP contribution in [-0.4, -0.2) is 47.1 Å². The van der Waals surface area contributed by atoms with E-state index in [1.165, 1.54) is 19.4 Å². The SMILES string of the molecule is O=C(O)[C@H]1CC[C@@H](C(=O)NC2CCN3CCCC3C2)C1. The molecule has 2 heterocycles. The average molecular weight is 280 g/mol. The van der Waals surface area contributed by atoms with Crippen LogP contribution in [0.4, 0.5) is 0 Å². The number of amides is 1. The monoisotopic (exact) mass is 280 g/mol. The Bertz CT molecular complexity index is 399. The lowest BCUT2D eigenvalue weighted by Gasteiger charge is -2.35. The minimum Gasteiger partial charge on any atom is -0.481 e. The Morgan fingerprint density at radius 2 is 1.80 bits per heavy atom. The van der Waals surface area contributed by atoms with E-state index >= 15 is 0 Å². The summed E-state index contributed by atoms with van der Waals surface area (Å²) in [5.41, 5.74) is 0. The zero-order valence-electron chi connectivity index (χ0n) is 11.9. The topological polar surface area (TPSA) is 69.6 Å². The number of hydrogen-bond acceptors (Lipinski definition) is 3.